The van der Waals surface area contributed by atoms with Crippen LogP contribution in [0.4, 0.5) is 5.69 Å². The lowest BCUT2D eigenvalue weighted by molar-refractivity contribution is -0.117. The van der Waals surface area contributed by atoms with E-state index in [0.717, 1.165) is 11.1 Å². The molecule has 1 amide bonds. The van der Waals surface area contributed by atoms with E-state index >= 15 is 0 Å². The second-order valence-corrected chi connectivity index (χ2v) is 6.17. The third-order valence-corrected chi connectivity index (χ3v) is 4.25. The Kier molecular flexibility index (Phi) is 5.51. The minimum Gasteiger partial charge on any atom is -0.464 e. The van der Waals surface area contributed by atoms with Gasteiger partial charge >= 0.3 is 5.97 Å². The molecule has 128 valence electrons. The van der Waals surface area contributed by atoms with Crippen molar-refractivity contribution in [1.82, 2.24) is 9.78 Å². The topological polar surface area (TPSA) is 73.2 Å². The molecule has 1 aromatic carbocycles. The number of halogens is 2. The number of hydrogen-bond acceptors (Lipinski definition) is 4. The Bertz CT molecular complexity index is 792. The van der Waals surface area contributed by atoms with Crippen LogP contribution in [0, 0.1) is 20.8 Å². The first-order valence-corrected chi connectivity index (χ1v) is 7.88. The minimum absolute atomic E-state index is 0.0194. The van der Waals surface area contributed by atoms with Gasteiger partial charge in [0, 0.05) is 0 Å². The SMILES string of the molecule is COC(=O)c1nn(CC(=O)Nc2c(C)cc(C)cc2Cl)c(C)c1Cl. The Balaban J connectivity index is 2.21. The van der Waals surface area contributed by atoms with Crippen LogP contribution in [0.2, 0.25) is 10.0 Å². The number of benzene rings is 1. The number of amides is 1. The van der Waals surface area contributed by atoms with E-state index in [1.807, 2.05) is 19.9 Å². The van der Waals surface area contributed by atoms with Crippen molar-refractivity contribution in [3.63, 3.8) is 0 Å². The van der Waals surface area contributed by atoms with Crippen LogP contribution in [0.25, 0.3) is 0 Å². The number of nitrogens with one attached hydrogen (secondary N) is 1. The van der Waals surface area contributed by atoms with Gasteiger partial charge in [-0.15, -0.1) is 0 Å². The highest BCUT2D eigenvalue weighted by Gasteiger charge is 2.21. The molecule has 0 fully saturated rings. The van der Waals surface area contributed by atoms with Crippen LogP contribution in [0.1, 0.15) is 27.3 Å². The van der Waals surface area contributed by atoms with E-state index in [1.54, 1.807) is 13.0 Å². The second-order valence-electron chi connectivity index (χ2n) is 5.38. The lowest BCUT2D eigenvalue weighted by Crippen LogP contribution is -2.21. The third kappa shape index (κ3) is 3.71. The lowest BCUT2D eigenvalue weighted by atomic mass is 10.1. The Labute approximate surface area is 149 Å². The number of aromatic nitrogens is 2. The molecule has 1 N–H and O–H groups in total. The summed E-state index contributed by atoms with van der Waals surface area (Å²) in [6.07, 6.45) is 0. The highest BCUT2D eigenvalue weighted by atomic mass is 35.5. The molecule has 1 heterocycles. The number of methoxy groups -OCH3 is 1. The first-order chi connectivity index (χ1) is 11.2. The predicted molar refractivity (Wildman–Crippen MR) is 92.9 cm³/mol. The van der Waals surface area contributed by atoms with Gasteiger partial charge in [-0.05, 0) is 38.0 Å². The lowest BCUT2D eigenvalue weighted by Gasteiger charge is -2.12. The molecular weight excluding hydrogens is 353 g/mol. The maximum absolute atomic E-state index is 12.3. The molecule has 1 aromatic heterocycles. The molecule has 0 unspecified atom stereocenters. The van der Waals surface area contributed by atoms with E-state index < -0.39 is 5.97 Å². The van der Waals surface area contributed by atoms with Gasteiger partial charge in [0.2, 0.25) is 5.91 Å². The number of nitrogens with zero attached hydrogens (tertiary/aromatic N) is 2. The number of anilines is 1. The van der Waals surface area contributed by atoms with Crippen LogP contribution in [0.3, 0.4) is 0 Å². The molecule has 8 heteroatoms. The maximum atomic E-state index is 12.3. The summed E-state index contributed by atoms with van der Waals surface area (Å²) in [7, 11) is 1.24. The number of carbonyl (C=O) groups excluding carboxylic acids is 2. The Morgan fingerprint density at radius 2 is 1.92 bits per heavy atom. The number of rotatable bonds is 4. The maximum Gasteiger partial charge on any atom is 0.360 e. The van der Waals surface area contributed by atoms with E-state index in [4.69, 9.17) is 23.2 Å². The van der Waals surface area contributed by atoms with Gasteiger partial charge in [0.25, 0.3) is 0 Å². The van der Waals surface area contributed by atoms with Crippen molar-refractivity contribution in [2.75, 3.05) is 12.4 Å². The first-order valence-electron chi connectivity index (χ1n) is 7.12. The summed E-state index contributed by atoms with van der Waals surface area (Å²) in [4.78, 5) is 23.9. The van der Waals surface area contributed by atoms with E-state index in [1.165, 1.54) is 11.8 Å². The zero-order valence-electron chi connectivity index (χ0n) is 13.7. The minimum atomic E-state index is -0.653. The van der Waals surface area contributed by atoms with Crippen LogP contribution in [0.5, 0.6) is 0 Å². The summed E-state index contributed by atoms with van der Waals surface area (Å²) in [5, 5.41) is 7.43. The van der Waals surface area contributed by atoms with Crippen molar-refractivity contribution in [2.24, 2.45) is 0 Å². The van der Waals surface area contributed by atoms with Crippen LogP contribution in [-0.4, -0.2) is 28.8 Å². The summed E-state index contributed by atoms with van der Waals surface area (Å²) in [5.41, 5.74) is 2.90. The summed E-state index contributed by atoms with van der Waals surface area (Å²) in [5.74, 6) is -0.984. The van der Waals surface area contributed by atoms with Gasteiger partial charge in [-0.25, -0.2) is 4.79 Å². The molecule has 2 rings (SSSR count). The van der Waals surface area contributed by atoms with Crippen molar-refractivity contribution in [1.29, 1.82) is 0 Å². The van der Waals surface area contributed by atoms with Gasteiger partial charge in [-0.2, -0.15) is 5.10 Å². The molecular formula is C16H17Cl2N3O3. The highest BCUT2D eigenvalue weighted by molar-refractivity contribution is 6.34. The average molecular weight is 370 g/mol. The Morgan fingerprint density at radius 1 is 1.25 bits per heavy atom. The average Bonchev–Trinajstić information content (AvgIpc) is 2.78. The largest absolute Gasteiger partial charge is 0.464 e. The van der Waals surface area contributed by atoms with Gasteiger partial charge in [0.1, 0.15) is 6.54 Å². The van der Waals surface area contributed by atoms with E-state index in [-0.39, 0.29) is 23.2 Å². The monoisotopic (exact) mass is 369 g/mol. The zero-order valence-corrected chi connectivity index (χ0v) is 15.2. The summed E-state index contributed by atoms with van der Waals surface area (Å²) in [6, 6.07) is 3.70. The van der Waals surface area contributed by atoms with Crippen LogP contribution >= 0.6 is 23.2 Å². The van der Waals surface area contributed by atoms with Crippen LogP contribution < -0.4 is 5.32 Å². The summed E-state index contributed by atoms with van der Waals surface area (Å²) >= 11 is 12.2. The molecule has 0 aliphatic rings. The highest BCUT2D eigenvalue weighted by Crippen LogP contribution is 2.27. The van der Waals surface area contributed by atoms with Crippen molar-refractivity contribution in [3.8, 4) is 0 Å². The molecule has 0 aliphatic heterocycles. The molecule has 0 spiro atoms. The number of esters is 1. The zero-order chi connectivity index (χ0) is 18.0. The van der Waals surface area contributed by atoms with Crippen molar-refractivity contribution in [2.45, 2.75) is 27.3 Å². The smallest absolute Gasteiger partial charge is 0.360 e. The quantitative estimate of drug-likeness (QED) is 0.836. The molecule has 0 aliphatic carbocycles. The van der Waals surface area contributed by atoms with Crippen molar-refractivity contribution in [3.05, 3.63) is 44.7 Å². The van der Waals surface area contributed by atoms with Gasteiger partial charge in [-0.1, -0.05) is 29.3 Å². The van der Waals surface area contributed by atoms with Gasteiger partial charge in [-0.3, -0.25) is 9.48 Å². The third-order valence-electron chi connectivity index (χ3n) is 3.50. The Hall–Kier alpha value is -2.05. The van der Waals surface area contributed by atoms with E-state index in [9.17, 15) is 9.59 Å². The van der Waals surface area contributed by atoms with E-state index in [0.29, 0.717) is 16.4 Å². The molecule has 0 saturated carbocycles. The number of carbonyl (C=O) groups is 2. The Morgan fingerprint density at radius 3 is 2.50 bits per heavy atom. The number of hydrogen-bond donors (Lipinski definition) is 1. The fourth-order valence-electron chi connectivity index (χ4n) is 2.29. The van der Waals surface area contributed by atoms with E-state index in [2.05, 4.69) is 15.2 Å². The molecule has 2 aromatic rings. The van der Waals surface area contributed by atoms with Crippen molar-refractivity contribution < 1.29 is 14.3 Å². The molecule has 0 radical (unpaired) electrons. The van der Waals surface area contributed by atoms with Gasteiger partial charge < -0.3 is 10.1 Å². The first kappa shape index (κ1) is 18.3. The standard InChI is InChI=1S/C16H17Cl2N3O3/c1-8-5-9(2)14(11(17)6-8)19-12(22)7-21-10(3)13(18)15(20-21)16(23)24-4/h5-6H,7H2,1-4H3,(H,19,22). The molecule has 0 saturated heterocycles. The van der Waals surface area contributed by atoms with Crippen LogP contribution in [-0.2, 0) is 16.1 Å². The second kappa shape index (κ2) is 7.23. The van der Waals surface area contributed by atoms with Crippen LogP contribution in [0.15, 0.2) is 12.1 Å². The fraction of sp³-hybridized carbons (Fsp3) is 0.312. The van der Waals surface area contributed by atoms with Gasteiger partial charge in [0.15, 0.2) is 5.69 Å². The predicted octanol–water partition coefficient (Wildman–Crippen LogP) is 3.54. The molecule has 6 nitrogen and oxygen atoms in total. The summed E-state index contributed by atoms with van der Waals surface area (Å²) in [6.45, 7) is 5.35. The molecule has 0 bridgehead atoms. The van der Waals surface area contributed by atoms with Gasteiger partial charge in [0.05, 0.1) is 28.5 Å². The molecule has 0 atom stereocenters. The number of aryl methyl sites for hydroxylation is 2. The fourth-order valence-corrected chi connectivity index (χ4v) is 2.88. The molecule has 24 heavy (non-hydrogen) atoms. The van der Waals surface area contributed by atoms with Crippen molar-refractivity contribution >= 4 is 40.8 Å². The normalized spacial score (nSPS) is 10.6. The summed E-state index contributed by atoms with van der Waals surface area (Å²) < 4.78 is 5.96. The number of ether oxygens (including phenoxy) is 1.